The van der Waals surface area contributed by atoms with Crippen molar-refractivity contribution in [3.8, 4) is 0 Å². The second-order valence-electron chi connectivity index (χ2n) is 6.46. The zero-order valence-corrected chi connectivity index (χ0v) is 15.0. The first-order chi connectivity index (χ1) is 12.2. The molecule has 6 nitrogen and oxygen atoms in total. The van der Waals surface area contributed by atoms with Crippen LogP contribution in [0, 0.1) is 0 Å². The van der Waals surface area contributed by atoms with Gasteiger partial charge in [-0.1, -0.05) is 0 Å². The smallest absolute Gasteiger partial charge is 0.270 e. The zero-order chi connectivity index (χ0) is 17.2. The minimum Gasteiger partial charge on any atom is -0.357 e. The molecule has 0 radical (unpaired) electrons. The first-order valence-corrected chi connectivity index (χ1v) is 9.31. The number of aromatic amines is 1. The van der Waals surface area contributed by atoms with Crippen LogP contribution in [0.5, 0.6) is 0 Å². The molecule has 0 spiro atoms. The van der Waals surface area contributed by atoms with Crippen molar-refractivity contribution in [2.45, 2.75) is 26.2 Å². The Morgan fingerprint density at radius 2 is 2.28 bits per heavy atom. The SMILES string of the molecule is CN(Cc1ccsc1)Cc1cc2n(n1)CCN(C(=O)c1ccc[nH]1)C2. The fourth-order valence-corrected chi connectivity index (χ4v) is 3.90. The Bertz CT molecular complexity index is 837. The lowest BCUT2D eigenvalue weighted by molar-refractivity contribution is 0.0701. The van der Waals surface area contributed by atoms with Crippen molar-refractivity contribution in [2.24, 2.45) is 0 Å². The Labute approximate surface area is 150 Å². The van der Waals surface area contributed by atoms with Crippen molar-refractivity contribution in [1.82, 2.24) is 24.6 Å². The minimum absolute atomic E-state index is 0.0496. The van der Waals surface area contributed by atoms with Gasteiger partial charge in [0.05, 0.1) is 24.5 Å². The van der Waals surface area contributed by atoms with Gasteiger partial charge < -0.3 is 9.88 Å². The van der Waals surface area contributed by atoms with Gasteiger partial charge in [-0.2, -0.15) is 16.4 Å². The van der Waals surface area contributed by atoms with Gasteiger partial charge in [0.15, 0.2) is 0 Å². The van der Waals surface area contributed by atoms with E-state index in [1.165, 1.54) is 5.56 Å². The summed E-state index contributed by atoms with van der Waals surface area (Å²) in [4.78, 5) is 19.6. The second-order valence-corrected chi connectivity index (χ2v) is 7.24. The van der Waals surface area contributed by atoms with E-state index in [1.807, 2.05) is 21.7 Å². The number of hydrogen-bond acceptors (Lipinski definition) is 4. The molecule has 0 bridgehead atoms. The number of nitrogens with one attached hydrogen (secondary N) is 1. The number of thiophene rings is 1. The maximum Gasteiger partial charge on any atom is 0.270 e. The van der Waals surface area contributed by atoms with Crippen molar-refractivity contribution in [3.63, 3.8) is 0 Å². The van der Waals surface area contributed by atoms with E-state index in [-0.39, 0.29) is 5.91 Å². The van der Waals surface area contributed by atoms with Crippen molar-refractivity contribution in [2.75, 3.05) is 13.6 Å². The summed E-state index contributed by atoms with van der Waals surface area (Å²) in [6, 6.07) is 7.95. The van der Waals surface area contributed by atoms with Gasteiger partial charge in [0.1, 0.15) is 5.69 Å². The van der Waals surface area contributed by atoms with Gasteiger partial charge in [0, 0.05) is 25.8 Å². The predicted octanol–water partition coefficient (Wildman–Crippen LogP) is 2.56. The van der Waals surface area contributed by atoms with E-state index in [0.29, 0.717) is 18.8 Å². The molecule has 3 aromatic rings. The molecule has 4 rings (SSSR count). The topological polar surface area (TPSA) is 57.2 Å². The molecule has 3 aromatic heterocycles. The third-order valence-electron chi connectivity index (χ3n) is 4.43. The van der Waals surface area contributed by atoms with Crippen LogP contribution in [0.25, 0.3) is 0 Å². The zero-order valence-electron chi connectivity index (χ0n) is 14.2. The molecule has 7 heteroatoms. The van der Waals surface area contributed by atoms with E-state index >= 15 is 0 Å². The van der Waals surface area contributed by atoms with Crippen LogP contribution in [0.2, 0.25) is 0 Å². The summed E-state index contributed by atoms with van der Waals surface area (Å²) < 4.78 is 2.03. The summed E-state index contributed by atoms with van der Waals surface area (Å²) in [7, 11) is 2.11. The van der Waals surface area contributed by atoms with Crippen molar-refractivity contribution < 1.29 is 4.79 Å². The van der Waals surface area contributed by atoms with Crippen LogP contribution >= 0.6 is 11.3 Å². The van der Waals surface area contributed by atoms with Gasteiger partial charge >= 0.3 is 0 Å². The molecule has 1 amide bonds. The van der Waals surface area contributed by atoms with Gasteiger partial charge in [-0.3, -0.25) is 14.4 Å². The summed E-state index contributed by atoms with van der Waals surface area (Å²) in [5, 5.41) is 8.99. The average molecular weight is 355 g/mol. The number of fused-ring (bicyclic) bond motifs is 1. The standard InChI is InChI=1S/C18H21N5OS/c1-21(10-14-4-8-25-13-14)11-15-9-16-12-22(6-7-23(16)20-15)18(24)17-3-2-5-19-17/h2-5,8-9,13,19H,6-7,10-12H2,1H3. The molecule has 0 saturated heterocycles. The van der Waals surface area contributed by atoms with E-state index in [4.69, 9.17) is 5.10 Å². The number of carbonyl (C=O) groups excluding carboxylic acids is 1. The van der Waals surface area contributed by atoms with Gasteiger partial charge in [-0.15, -0.1) is 0 Å². The molecule has 0 unspecified atom stereocenters. The second kappa shape index (κ2) is 6.85. The van der Waals surface area contributed by atoms with E-state index in [0.717, 1.165) is 31.0 Å². The number of nitrogens with zero attached hydrogens (tertiary/aromatic N) is 4. The van der Waals surface area contributed by atoms with E-state index < -0.39 is 0 Å². The Kier molecular flexibility index (Phi) is 4.42. The number of rotatable bonds is 5. The molecule has 1 aliphatic heterocycles. The van der Waals surface area contributed by atoms with Gasteiger partial charge in [-0.05, 0) is 47.6 Å². The Balaban J connectivity index is 1.41. The summed E-state index contributed by atoms with van der Waals surface area (Å²) >= 11 is 1.73. The third-order valence-corrected chi connectivity index (χ3v) is 5.16. The van der Waals surface area contributed by atoms with Gasteiger partial charge in [0.2, 0.25) is 0 Å². The lowest BCUT2D eigenvalue weighted by Crippen LogP contribution is -2.38. The molecule has 0 atom stereocenters. The fraction of sp³-hybridized carbons (Fsp3) is 0.333. The maximum atomic E-state index is 12.5. The van der Waals surface area contributed by atoms with Gasteiger partial charge in [-0.25, -0.2) is 0 Å². The highest BCUT2D eigenvalue weighted by Gasteiger charge is 2.23. The molecule has 130 valence electrons. The van der Waals surface area contributed by atoms with E-state index in [9.17, 15) is 4.79 Å². The third kappa shape index (κ3) is 3.52. The summed E-state index contributed by atoms with van der Waals surface area (Å²) in [6.07, 6.45) is 1.78. The van der Waals surface area contributed by atoms with Crippen LogP contribution in [0.15, 0.2) is 41.2 Å². The monoisotopic (exact) mass is 355 g/mol. The van der Waals surface area contributed by atoms with Crippen molar-refractivity contribution >= 4 is 17.2 Å². The number of H-pyrrole nitrogens is 1. The first kappa shape index (κ1) is 16.1. The average Bonchev–Trinajstić information content (AvgIpc) is 3.34. The van der Waals surface area contributed by atoms with Crippen LogP contribution in [-0.4, -0.2) is 44.1 Å². The van der Waals surface area contributed by atoms with Gasteiger partial charge in [0.25, 0.3) is 5.91 Å². The number of aromatic nitrogens is 3. The molecule has 0 aromatic carbocycles. The van der Waals surface area contributed by atoms with Crippen LogP contribution < -0.4 is 0 Å². The van der Waals surface area contributed by atoms with Crippen LogP contribution in [0.3, 0.4) is 0 Å². The van der Waals surface area contributed by atoms with Crippen LogP contribution in [0.4, 0.5) is 0 Å². The number of carbonyl (C=O) groups is 1. The van der Waals surface area contributed by atoms with Crippen molar-refractivity contribution in [3.05, 3.63) is 63.9 Å². The first-order valence-electron chi connectivity index (χ1n) is 8.37. The largest absolute Gasteiger partial charge is 0.357 e. The molecule has 25 heavy (non-hydrogen) atoms. The minimum atomic E-state index is 0.0496. The summed E-state index contributed by atoms with van der Waals surface area (Å²) in [5.74, 6) is 0.0496. The predicted molar refractivity (Wildman–Crippen MR) is 97.3 cm³/mol. The lowest BCUT2D eigenvalue weighted by Gasteiger charge is -2.27. The molecule has 1 N–H and O–H groups in total. The maximum absolute atomic E-state index is 12.5. The fourth-order valence-electron chi connectivity index (χ4n) is 3.24. The molecular formula is C18H21N5OS. The number of amides is 1. The van der Waals surface area contributed by atoms with Crippen LogP contribution in [0.1, 0.15) is 27.4 Å². The highest BCUT2D eigenvalue weighted by molar-refractivity contribution is 7.07. The quantitative estimate of drug-likeness (QED) is 0.765. The lowest BCUT2D eigenvalue weighted by atomic mass is 10.2. The molecule has 1 aliphatic rings. The molecule has 4 heterocycles. The normalized spacial score (nSPS) is 14.1. The number of hydrogen-bond donors (Lipinski definition) is 1. The summed E-state index contributed by atoms with van der Waals surface area (Å²) in [5.41, 5.74) is 4.13. The molecule has 0 saturated carbocycles. The highest BCUT2D eigenvalue weighted by atomic mass is 32.1. The van der Waals surface area contributed by atoms with E-state index in [2.05, 4.69) is 39.8 Å². The highest BCUT2D eigenvalue weighted by Crippen LogP contribution is 2.17. The van der Waals surface area contributed by atoms with Crippen LogP contribution in [-0.2, 0) is 26.2 Å². The Morgan fingerprint density at radius 3 is 3.04 bits per heavy atom. The Hall–Kier alpha value is -2.38. The molecule has 0 aliphatic carbocycles. The van der Waals surface area contributed by atoms with E-state index in [1.54, 1.807) is 17.5 Å². The molecule has 0 fully saturated rings. The van der Waals surface area contributed by atoms with Crippen molar-refractivity contribution in [1.29, 1.82) is 0 Å². The summed E-state index contributed by atoms with van der Waals surface area (Å²) in [6.45, 7) is 3.77. The Morgan fingerprint density at radius 1 is 1.36 bits per heavy atom. The molecular weight excluding hydrogens is 334 g/mol.